The highest BCUT2D eigenvalue weighted by molar-refractivity contribution is 7.14. The molecule has 1 amide bonds. The van der Waals surface area contributed by atoms with Crippen molar-refractivity contribution in [1.29, 1.82) is 0 Å². The molecule has 0 aliphatic heterocycles. The third-order valence-electron chi connectivity index (χ3n) is 3.70. The first-order chi connectivity index (χ1) is 13.1. The van der Waals surface area contributed by atoms with E-state index >= 15 is 0 Å². The number of anilines is 1. The van der Waals surface area contributed by atoms with Crippen LogP contribution in [0.5, 0.6) is 0 Å². The quantitative estimate of drug-likeness (QED) is 0.543. The molecule has 0 fully saturated rings. The Morgan fingerprint density at radius 2 is 2.04 bits per heavy atom. The molecule has 0 saturated carbocycles. The largest absolute Gasteiger partial charge is 0.467 e. The number of rotatable bonds is 5. The Labute approximate surface area is 154 Å². The molecule has 0 spiro atoms. The standard InChI is InChI=1S/C17H12N4O5S/c22-14(20-16-19-12(9-27-16)13-4-2-6-26-13)11-7-18-17(24)21(15(11)23)8-10-3-1-5-25-10/h1-7,9H,8H2,(H,18,24)(H,19,20,22). The molecule has 0 aliphatic rings. The molecule has 0 bridgehead atoms. The summed E-state index contributed by atoms with van der Waals surface area (Å²) >= 11 is 1.19. The summed E-state index contributed by atoms with van der Waals surface area (Å²) in [6.07, 6.45) is 4.04. The highest BCUT2D eigenvalue weighted by Gasteiger charge is 2.17. The number of hydrogen-bond donors (Lipinski definition) is 2. The topological polar surface area (TPSA) is 123 Å². The summed E-state index contributed by atoms with van der Waals surface area (Å²) in [7, 11) is 0. The summed E-state index contributed by atoms with van der Waals surface area (Å²) in [6, 6.07) is 6.75. The molecule has 0 atom stereocenters. The Morgan fingerprint density at radius 3 is 2.78 bits per heavy atom. The van der Waals surface area contributed by atoms with E-state index in [4.69, 9.17) is 8.83 Å². The van der Waals surface area contributed by atoms with E-state index in [0.29, 0.717) is 22.3 Å². The van der Waals surface area contributed by atoms with Gasteiger partial charge in [0.1, 0.15) is 17.0 Å². The van der Waals surface area contributed by atoms with Crippen LogP contribution in [0.1, 0.15) is 16.1 Å². The number of hydrogen-bond acceptors (Lipinski definition) is 7. The Kier molecular flexibility index (Phi) is 4.30. The zero-order valence-electron chi connectivity index (χ0n) is 13.7. The molecule has 0 aromatic carbocycles. The van der Waals surface area contributed by atoms with Crippen molar-refractivity contribution < 1.29 is 13.6 Å². The van der Waals surface area contributed by atoms with Crippen LogP contribution < -0.4 is 16.6 Å². The molecule has 4 aromatic heterocycles. The van der Waals surface area contributed by atoms with Crippen LogP contribution in [0.25, 0.3) is 11.5 Å². The van der Waals surface area contributed by atoms with E-state index in [0.717, 1.165) is 10.8 Å². The van der Waals surface area contributed by atoms with Gasteiger partial charge in [0.25, 0.3) is 11.5 Å². The summed E-state index contributed by atoms with van der Waals surface area (Å²) < 4.78 is 11.3. The van der Waals surface area contributed by atoms with Crippen molar-refractivity contribution in [3.8, 4) is 11.5 Å². The molecule has 0 radical (unpaired) electrons. The van der Waals surface area contributed by atoms with Crippen molar-refractivity contribution in [2.45, 2.75) is 6.54 Å². The Morgan fingerprint density at radius 1 is 1.22 bits per heavy atom. The second-order valence-corrected chi connectivity index (χ2v) is 6.31. The van der Waals surface area contributed by atoms with E-state index < -0.39 is 17.2 Å². The highest BCUT2D eigenvalue weighted by atomic mass is 32.1. The van der Waals surface area contributed by atoms with Gasteiger partial charge in [-0.05, 0) is 24.3 Å². The van der Waals surface area contributed by atoms with Crippen molar-refractivity contribution in [1.82, 2.24) is 14.5 Å². The third kappa shape index (κ3) is 3.37. The number of aromatic nitrogens is 3. The van der Waals surface area contributed by atoms with E-state index in [1.54, 1.807) is 29.6 Å². The van der Waals surface area contributed by atoms with E-state index in [1.807, 2.05) is 0 Å². The molecule has 9 nitrogen and oxygen atoms in total. The molecule has 0 aliphatic carbocycles. The second kappa shape index (κ2) is 6.92. The number of aromatic amines is 1. The summed E-state index contributed by atoms with van der Waals surface area (Å²) in [5, 5.41) is 4.57. The molecule has 2 N–H and O–H groups in total. The lowest BCUT2D eigenvalue weighted by molar-refractivity contribution is 0.102. The number of thiazole rings is 1. The van der Waals surface area contributed by atoms with Crippen LogP contribution >= 0.6 is 11.3 Å². The number of nitrogens with one attached hydrogen (secondary N) is 2. The number of H-pyrrole nitrogens is 1. The van der Waals surface area contributed by atoms with E-state index in [9.17, 15) is 14.4 Å². The first-order valence-electron chi connectivity index (χ1n) is 7.77. The second-order valence-electron chi connectivity index (χ2n) is 5.45. The lowest BCUT2D eigenvalue weighted by Gasteiger charge is -2.05. The SMILES string of the molecule is O=C(Nc1nc(-c2ccco2)cs1)c1c[nH]c(=O)n(Cc2ccco2)c1=O. The van der Waals surface area contributed by atoms with Gasteiger partial charge < -0.3 is 13.8 Å². The molecule has 136 valence electrons. The fourth-order valence-electron chi connectivity index (χ4n) is 2.41. The van der Waals surface area contributed by atoms with Gasteiger partial charge in [-0.25, -0.2) is 9.78 Å². The van der Waals surface area contributed by atoms with E-state index in [1.165, 1.54) is 23.9 Å². The average Bonchev–Trinajstić information content (AvgIpc) is 3.40. The van der Waals surface area contributed by atoms with Crippen LogP contribution in [0.3, 0.4) is 0 Å². The van der Waals surface area contributed by atoms with E-state index in [-0.39, 0.29) is 12.1 Å². The monoisotopic (exact) mass is 384 g/mol. The van der Waals surface area contributed by atoms with Gasteiger partial charge in [0.2, 0.25) is 0 Å². The van der Waals surface area contributed by atoms with Gasteiger partial charge in [0, 0.05) is 11.6 Å². The molecular formula is C17H12N4O5S. The molecule has 0 unspecified atom stereocenters. The summed E-state index contributed by atoms with van der Waals surface area (Å²) in [5.74, 6) is 0.310. The molecule has 27 heavy (non-hydrogen) atoms. The van der Waals surface area contributed by atoms with Crippen LogP contribution in [-0.4, -0.2) is 20.4 Å². The van der Waals surface area contributed by atoms with Gasteiger partial charge in [-0.15, -0.1) is 11.3 Å². The predicted octanol–water partition coefficient (Wildman–Crippen LogP) is 2.15. The fourth-order valence-corrected chi connectivity index (χ4v) is 3.10. The van der Waals surface area contributed by atoms with Gasteiger partial charge in [0.15, 0.2) is 10.9 Å². The van der Waals surface area contributed by atoms with Gasteiger partial charge in [-0.3, -0.25) is 19.5 Å². The number of furan rings is 2. The zero-order chi connectivity index (χ0) is 18.8. The normalized spacial score (nSPS) is 10.8. The fraction of sp³-hybridized carbons (Fsp3) is 0.0588. The molecule has 0 saturated heterocycles. The number of carbonyl (C=O) groups excluding carboxylic acids is 1. The van der Waals surface area contributed by atoms with Gasteiger partial charge in [-0.2, -0.15) is 0 Å². The van der Waals surface area contributed by atoms with Crippen molar-refractivity contribution in [3.63, 3.8) is 0 Å². The minimum atomic E-state index is -0.726. The minimum absolute atomic E-state index is 0.0812. The molecule has 4 heterocycles. The summed E-state index contributed by atoms with van der Waals surface area (Å²) in [5.41, 5.74) is -1.01. The van der Waals surface area contributed by atoms with Gasteiger partial charge in [-0.1, -0.05) is 0 Å². The molecule has 10 heteroatoms. The van der Waals surface area contributed by atoms with Crippen molar-refractivity contribution in [3.05, 3.63) is 80.5 Å². The number of nitrogens with zero attached hydrogens (tertiary/aromatic N) is 2. The Hall–Kier alpha value is -3.66. The van der Waals surface area contributed by atoms with Crippen molar-refractivity contribution >= 4 is 22.4 Å². The minimum Gasteiger partial charge on any atom is -0.467 e. The van der Waals surface area contributed by atoms with Gasteiger partial charge >= 0.3 is 5.69 Å². The van der Waals surface area contributed by atoms with Crippen LogP contribution in [0.4, 0.5) is 5.13 Å². The van der Waals surface area contributed by atoms with Crippen LogP contribution in [0, 0.1) is 0 Å². The maximum absolute atomic E-state index is 12.5. The third-order valence-corrected chi connectivity index (χ3v) is 4.46. The Balaban J connectivity index is 1.59. The van der Waals surface area contributed by atoms with Gasteiger partial charge in [0.05, 0.1) is 19.1 Å². The highest BCUT2D eigenvalue weighted by Crippen LogP contribution is 2.25. The average molecular weight is 384 g/mol. The lowest BCUT2D eigenvalue weighted by atomic mass is 10.3. The van der Waals surface area contributed by atoms with E-state index in [2.05, 4.69) is 15.3 Å². The number of amides is 1. The van der Waals surface area contributed by atoms with Crippen LogP contribution in [0.2, 0.25) is 0 Å². The predicted molar refractivity (Wildman–Crippen MR) is 96.9 cm³/mol. The van der Waals surface area contributed by atoms with Crippen LogP contribution in [0.15, 0.2) is 66.8 Å². The van der Waals surface area contributed by atoms with Crippen molar-refractivity contribution in [2.24, 2.45) is 0 Å². The van der Waals surface area contributed by atoms with Crippen LogP contribution in [-0.2, 0) is 6.54 Å². The van der Waals surface area contributed by atoms with Crippen molar-refractivity contribution in [2.75, 3.05) is 5.32 Å². The lowest BCUT2D eigenvalue weighted by Crippen LogP contribution is -2.39. The summed E-state index contributed by atoms with van der Waals surface area (Å²) in [4.78, 5) is 43.6. The smallest absolute Gasteiger partial charge is 0.328 e. The number of carbonyl (C=O) groups is 1. The molecule has 4 aromatic rings. The first kappa shape index (κ1) is 16.8. The first-order valence-corrected chi connectivity index (χ1v) is 8.65. The molecular weight excluding hydrogens is 372 g/mol. The zero-order valence-corrected chi connectivity index (χ0v) is 14.5. The Bertz CT molecular complexity index is 1180. The summed E-state index contributed by atoms with van der Waals surface area (Å²) in [6.45, 7) is -0.0812. The molecule has 4 rings (SSSR count). The maximum Gasteiger partial charge on any atom is 0.328 e. The maximum atomic E-state index is 12.5.